The molecular weight excluding hydrogens is 228 g/mol. The number of likely N-dealkylation sites (tertiary alicyclic amines) is 1. The van der Waals surface area contributed by atoms with Crippen LogP contribution in [0, 0.1) is 11.3 Å². The van der Waals surface area contributed by atoms with Crippen molar-refractivity contribution in [2.45, 2.75) is 6.54 Å². The number of nitrogens with zero attached hydrogens (tertiary/aromatic N) is 2. The molecule has 3 heterocycles. The minimum absolute atomic E-state index is 0.212. The Hall–Kier alpha value is -0.970. The molecule has 0 unspecified atom stereocenters. The van der Waals surface area contributed by atoms with E-state index in [4.69, 9.17) is 9.47 Å². The molecule has 2 atom stereocenters. The maximum absolute atomic E-state index is 5.64. The van der Waals surface area contributed by atoms with Crippen molar-refractivity contribution in [3.8, 4) is 0 Å². The van der Waals surface area contributed by atoms with Crippen LogP contribution in [-0.2, 0) is 16.0 Å². The molecule has 1 aromatic heterocycles. The standard InChI is InChI=1S/C14H20N2O2/c1-17-10-14-9-16(6-12(14)8-18-11-14)7-13-4-2-3-5-15-13/h2-5,12H,6-11H2,1H3/t12-,14-/m0/s1. The molecule has 2 aliphatic heterocycles. The van der Waals surface area contributed by atoms with Crippen molar-refractivity contribution in [3.63, 3.8) is 0 Å². The Bertz CT molecular complexity index is 398. The lowest BCUT2D eigenvalue weighted by Crippen LogP contribution is -2.35. The summed E-state index contributed by atoms with van der Waals surface area (Å²) in [7, 11) is 1.78. The van der Waals surface area contributed by atoms with Crippen LogP contribution in [0.15, 0.2) is 24.4 Å². The van der Waals surface area contributed by atoms with Crippen molar-refractivity contribution in [1.82, 2.24) is 9.88 Å². The average Bonchev–Trinajstić information content (AvgIpc) is 2.87. The topological polar surface area (TPSA) is 34.6 Å². The quantitative estimate of drug-likeness (QED) is 0.801. The SMILES string of the molecule is COC[C@@]12COC[C@@H]1CN(Cc1ccccn1)C2. The Kier molecular flexibility index (Phi) is 3.33. The summed E-state index contributed by atoms with van der Waals surface area (Å²) in [5, 5.41) is 0. The number of hydrogen-bond acceptors (Lipinski definition) is 4. The average molecular weight is 248 g/mol. The van der Waals surface area contributed by atoms with E-state index in [9.17, 15) is 0 Å². The fourth-order valence-corrected chi connectivity index (χ4v) is 3.28. The third kappa shape index (κ3) is 2.16. The summed E-state index contributed by atoms with van der Waals surface area (Å²) in [5.74, 6) is 0.612. The zero-order valence-corrected chi connectivity index (χ0v) is 10.8. The Morgan fingerprint density at radius 2 is 2.50 bits per heavy atom. The van der Waals surface area contributed by atoms with Gasteiger partial charge in [-0.2, -0.15) is 0 Å². The van der Waals surface area contributed by atoms with Crippen LogP contribution in [0.4, 0.5) is 0 Å². The zero-order valence-electron chi connectivity index (χ0n) is 10.8. The molecule has 0 N–H and O–H groups in total. The molecular formula is C14H20N2O2. The van der Waals surface area contributed by atoms with Crippen molar-refractivity contribution in [3.05, 3.63) is 30.1 Å². The van der Waals surface area contributed by atoms with Crippen LogP contribution in [0.25, 0.3) is 0 Å². The highest BCUT2D eigenvalue weighted by Crippen LogP contribution is 2.41. The smallest absolute Gasteiger partial charge is 0.0561 e. The van der Waals surface area contributed by atoms with Crippen molar-refractivity contribution in [2.24, 2.45) is 11.3 Å². The highest BCUT2D eigenvalue weighted by atomic mass is 16.5. The number of rotatable bonds is 4. The van der Waals surface area contributed by atoms with Gasteiger partial charge in [0.1, 0.15) is 0 Å². The minimum Gasteiger partial charge on any atom is -0.384 e. The first-order valence-electron chi connectivity index (χ1n) is 6.51. The van der Waals surface area contributed by atoms with Gasteiger partial charge in [-0.1, -0.05) is 6.07 Å². The van der Waals surface area contributed by atoms with Gasteiger partial charge in [0.15, 0.2) is 0 Å². The molecule has 0 aliphatic carbocycles. The lowest BCUT2D eigenvalue weighted by Gasteiger charge is -2.26. The van der Waals surface area contributed by atoms with E-state index < -0.39 is 0 Å². The molecule has 2 aliphatic rings. The van der Waals surface area contributed by atoms with Crippen molar-refractivity contribution in [1.29, 1.82) is 0 Å². The van der Waals surface area contributed by atoms with E-state index in [1.807, 2.05) is 18.3 Å². The Morgan fingerprint density at radius 3 is 3.28 bits per heavy atom. The van der Waals surface area contributed by atoms with Crippen LogP contribution in [0.2, 0.25) is 0 Å². The Morgan fingerprint density at radius 1 is 1.56 bits per heavy atom. The van der Waals surface area contributed by atoms with E-state index in [1.165, 1.54) is 0 Å². The predicted octanol–water partition coefficient (Wildman–Crippen LogP) is 1.18. The van der Waals surface area contributed by atoms with Gasteiger partial charge in [0.25, 0.3) is 0 Å². The van der Waals surface area contributed by atoms with Gasteiger partial charge in [-0.15, -0.1) is 0 Å². The summed E-state index contributed by atoms with van der Waals surface area (Å²) in [6.07, 6.45) is 1.86. The fraction of sp³-hybridized carbons (Fsp3) is 0.643. The summed E-state index contributed by atoms with van der Waals surface area (Å²) in [4.78, 5) is 6.88. The van der Waals surface area contributed by atoms with E-state index in [0.29, 0.717) is 5.92 Å². The Balaban J connectivity index is 1.67. The van der Waals surface area contributed by atoms with E-state index >= 15 is 0 Å². The van der Waals surface area contributed by atoms with Crippen LogP contribution in [0.1, 0.15) is 5.69 Å². The first kappa shape index (κ1) is 12.1. The second kappa shape index (κ2) is 4.96. The monoisotopic (exact) mass is 248 g/mol. The van der Waals surface area contributed by atoms with Crippen molar-refractivity contribution >= 4 is 0 Å². The maximum Gasteiger partial charge on any atom is 0.0561 e. The molecule has 0 amide bonds. The summed E-state index contributed by atoms with van der Waals surface area (Å²) in [5.41, 5.74) is 1.36. The molecule has 2 saturated heterocycles. The number of hydrogen-bond donors (Lipinski definition) is 0. The van der Waals surface area contributed by atoms with Crippen LogP contribution < -0.4 is 0 Å². The summed E-state index contributed by atoms with van der Waals surface area (Å²) in [6.45, 7) is 5.60. The van der Waals surface area contributed by atoms with E-state index in [-0.39, 0.29) is 5.41 Å². The fourth-order valence-electron chi connectivity index (χ4n) is 3.28. The molecule has 0 bridgehead atoms. The molecule has 4 nitrogen and oxygen atoms in total. The van der Waals surface area contributed by atoms with Crippen LogP contribution in [0.3, 0.4) is 0 Å². The van der Waals surface area contributed by atoms with Crippen LogP contribution >= 0.6 is 0 Å². The van der Waals surface area contributed by atoms with Gasteiger partial charge in [-0.25, -0.2) is 0 Å². The normalized spacial score (nSPS) is 31.7. The molecule has 0 spiro atoms. The van der Waals surface area contributed by atoms with Gasteiger partial charge in [0.2, 0.25) is 0 Å². The van der Waals surface area contributed by atoms with E-state index in [1.54, 1.807) is 7.11 Å². The minimum atomic E-state index is 0.212. The maximum atomic E-state index is 5.64. The lowest BCUT2D eigenvalue weighted by atomic mass is 9.82. The van der Waals surface area contributed by atoms with Gasteiger partial charge in [0, 0.05) is 44.3 Å². The molecule has 2 fully saturated rings. The second-order valence-electron chi connectivity index (χ2n) is 5.50. The van der Waals surface area contributed by atoms with Crippen LogP contribution in [0.5, 0.6) is 0 Å². The number of aromatic nitrogens is 1. The van der Waals surface area contributed by atoms with Gasteiger partial charge in [-0.3, -0.25) is 9.88 Å². The predicted molar refractivity (Wildman–Crippen MR) is 68.1 cm³/mol. The van der Waals surface area contributed by atoms with E-state index in [0.717, 1.165) is 45.1 Å². The zero-order chi connectivity index (χ0) is 12.4. The molecule has 0 radical (unpaired) electrons. The van der Waals surface area contributed by atoms with Crippen LogP contribution in [-0.4, -0.2) is 49.9 Å². The summed E-state index contributed by atoms with van der Waals surface area (Å²) < 4.78 is 11.1. The molecule has 98 valence electrons. The van der Waals surface area contributed by atoms with Gasteiger partial charge in [0.05, 0.1) is 25.5 Å². The molecule has 0 saturated carbocycles. The first-order valence-corrected chi connectivity index (χ1v) is 6.51. The number of ether oxygens (including phenoxy) is 2. The number of fused-ring (bicyclic) bond motifs is 1. The summed E-state index contributed by atoms with van der Waals surface area (Å²) >= 11 is 0. The third-order valence-corrected chi connectivity index (χ3v) is 4.14. The van der Waals surface area contributed by atoms with Gasteiger partial charge < -0.3 is 9.47 Å². The largest absolute Gasteiger partial charge is 0.384 e. The highest BCUT2D eigenvalue weighted by molar-refractivity contribution is 5.06. The van der Waals surface area contributed by atoms with Gasteiger partial charge >= 0.3 is 0 Å². The van der Waals surface area contributed by atoms with Crippen molar-refractivity contribution in [2.75, 3.05) is 40.0 Å². The summed E-state index contributed by atoms with van der Waals surface area (Å²) in [6, 6.07) is 6.10. The van der Waals surface area contributed by atoms with Gasteiger partial charge in [-0.05, 0) is 12.1 Å². The number of pyridine rings is 1. The molecule has 3 rings (SSSR count). The van der Waals surface area contributed by atoms with Crippen molar-refractivity contribution < 1.29 is 9.47 Å². The third-order valence-electron chi connectivity index (χ3n) is 4.14. The second-order valence-corrected chi connectivity index (χ2v) is 5.50. The number of methoxy groups -OCH3 is 1. The van der Waals surface area contributed by atoms with E-state index in [2.05, 4.69) is 16.0 Å². The molecule has 4 heteroatoms. The molecule has 1 aromatic rings. The first-order chi connectivity index (χ1) is 8.82. The lowest BCUT2D eigenvalue weighted by molar-refractivity contribution is 0.0532. The molecule has 0 aromatic carbocycles. The highest BCUT2D eigenvalue weighted by Gasteiger charge is 2.50. The molecule has 18 heavy (non-hydrogen) atoms. The Labute approximate surface area is 108 Å².